The third kappa shape index (κ3) is 3.19. The van der Waals surface area contributed by atoms with Gasteiger partial charge in [0.1, 0.15) is 0 Å². The Hall–Kier alpha value is -1.63. The third-order valence-corrected chi connectivity index (χ3v) is 3.04. The van der Waals surface area contributed by atoms with Gasteiger partial charge in [-0.05, 0) is 18.8 Å². The molecule has 18 heavy (non-hydrogen) atoms. The van der Waals surface area contributed by atoms with Gasteiger partial charge >= 0.3 is 6.03 Å². The van der Waals surface area contributed by atoms with Crippen LogP contribution in [0.4, 0.5) is 4.79 Å². The number of hydroxylamine groups is 1. The Bertz CT molecular complexity index is 407. The van der Waals surface area contributed by atoms with Gasteiger partial charge < -0.3 is 9.42 Å². The fourth-order valence-corrected chi connectivity index (χ4v) is 2.25. The van der Waals surface area contributed by atoms with E-state index in [1.165, 1.54) is 7.11 Å². The van der Waals surface area contributed by atoms with Gasteiger partial charge in [0.15, 0.2) is 5.82 Å². The molecule has 100 valence electrons. The van der Waals surface area contributed by atoms with Crippen LogP contribution in [-0.2, 0) is 11.3 Å². The molecule has 2 amide bonds. The van der Waals surface area contributed by atoms with Crippen molar-refractivity contribution in [2.45, 2.75) is 26.2 Å². The molecule has 1 aromatic heterocycles. The second-order valence-corrected chi connectivity index (χ2v) is 4.50. The fourth-order valence-electron chi connectivity index (χ4n) is 2.25. The number of urea groups is 1. The zero-order valence-corrected chi connectivity index (χ0v) is 10.7. The summed E-state index contributed by atoms with van der Waals surface area (Å²) in [5, 5.41) is 3.89. The summed E-state index contributed by atoms with van der Waals surface area (Å²) in [6.45, 7) is 3.23. The predicted octanol–water partition coefficient (Wildman–Crippen LogP) is 0.904. The molecular weight excluding hydrogens is 236 g/mol. The van der Waals surface area contributed by atoms with Crippen molar-refractivity contribution in [3.05, 3.63) is 11.7 Å². The number of hydrogen-bond donors (Lipinski definition) is 1. The van der Waals surface area contributed by atoms with E-state index in [9.17, 15) is 4.79 Å². The molecule has 0 radical (unpaired) electrons. The molecule has 1 N–H and O–H groups in total. The molecule has 2 rings (SSSR count). The zero-order chi connectivity index (χ0) is 13.0. The minimum Gasteiger partial charge on any atom is -0.340 e. The first-order valence-corrected chi connectivity index (χ1v) is 6.06. The van der Waals surface area contributed by atoms with Gasteiger partial charge in [0, 0.05) is 26.4 Å². The number of hydrogen-bond acceptors (Lipinski definition) is 5. The van der Waals surface area contributed by atoms with Crippen molar-refractivity contribution in [2.24, 2.45) is 5.92 Å². The molecule has 1 aliphatic rings. The van der Waals surface area contributed by atoms with Gasteiger partial charge in [0.05, 0.1) is 7.11 Å². The Balaban J connectivity index is 1.88. The average molecular weight is 254 g/mol. The Kier molecular flexibility index (Phi) is 4.14. The minimum atomic E-state index is -0.188. The molecule has 0 unspecified atom stereocenters. The highest BCUT2D eigenvalue weighted by Gasteiger charge is 2.24. The van der Waals surface area contributed by atoms with Gasteiger partial charge in [-0.1, -0.05) is 5.16 Å². The Morgan fingerprint density at radius 2 is 2.50 bits per heavy atom. The van der Waals surface area contributed by atoms with Crippen LogP contribution in [0.1, 0.15) is 24.6 Å². The smallest absolute Gasteiger partial charge is 0.340 e. The highest BCUT2D eigenvalue weighted by Crippen LogP contribution is 2.19. The molecule has 0 saturated carbocycles. The number of nitrogens with one attached hydrogen (secondary N) is 1. The molecule has 7 heteroatoms. The maximum Gasteiger partial charge on any atom is 0.341 e. The van der Waals surface area contributed by atoms with E-state index in [0.29, 0.717) is 24.2 Å². The van der Waals surface area contributed by atoms with E-state index in [0.717, 1.165) is 25.8 Å². The Morgan fingerprint density at radius 3 is 3.17 bits per heavy atom. The Labute approximate surface area is 105 Å². The molecule has 1 atom stereocenters. The first kappa shape index (κ1) is 12.8. The van der Waals surface area contributed by atoms with E-state index < -0.39 is 0 Å². The van der Waals surface area contributed by atoms with Crippen LogP contribution in [0.15, 0.2) is 4.52 Å². The first-order chi connectivity index (χ1) is 8.69. The largest absolute Gasteiger partial charge is 0.341 e. The number of carbonyl (C=O) groups is 1. The van der Waals surface area contributed by atoms with E-state index in [1.54, 1.807) is 11.8 Å². The normalized spacial score (nSPS) is 19.9. The van der Waals surface area contributed by atoms with Gasteiger partial charge in [-0.3, -0.25) is 4.84 Å². The minimum absolute atomic E-state index is 0.188. The van der Waals surface area contributed by atoms with Crippen molar-refractivity contribution in [1.82, 2.24) is 20.5 Å². The molecule has 0 aliphatic carbocycles. The number of rotatable bonds is 3. The van der Waals surface area contributed by atoms with E-state index in [-0.39, 0.29) is 6.03 Å². The number of aromatic nitrogens is 2. The van der Waals surface area contributed by atoms with Gasteiger partial charge in [0.2, 0.25) is 5.89 Å². The van der Waals surface area contributed by atoms with Crippen LogP contribution in [0.5, 0.6) is 0 Å². The van der Waals surface area contributed by atoms with E-state index in [4.69, 9.17) is 4.52 Å². The molecule has 0 bridgehead atoms. The lowest BCUT2D eigenvalue weighted by Crippen LogP contribution is -2.45. The highest BCUT2D eigenvalue weighted by molar-refractivity contribution is 5.73. The summed E-state index contributed by atoms with van der Waals surface area (Å²) in [4.78, 5) is 22.2. The first-order valence-electron chi connectivity index (χ1n) is 6.06. The van der Waals surface area contributed by atoms with Gasteiger partial charge in [0.25, 0.3) is 0 Å². The van der Waals surface area contributed by atoms with Crippen LogP contribution < -0.4 is 5.48 Å². The maximum atomic E-state index is 11.6. The summed E-state index contributed by atoms with van der Waals surface area (Å²) in [5.74, 6) is 1.67. The number of aryl methyl sites for hydroxylation is 1. The number of likely N-dealkylation sites (tertiary alicyclic amines) is 1. The monoisotopic (exact) mass is 254 g/mol. The average Bonchev–Trinajstić information content (AvgIpc) is 2.75. The third-order valence-electron chi connectivity index (χ3n) is 3.04. The van der Waals surface area contributed by atoms with Crippen molar-refractivity contribution < 1.29 is 14.2 Å². The van der Waals surface area contributed by atoms with Crippen molar-refractivity contribution in [3.63, 3.8) is 0 Å². The SMILES string of the molecule is CONC(=O)N1CCC[C@@H](Cc2noc(C)n2)C1. The van der Waals surface area contributed by atoms with Gasteiger partial charge in [-0.2, -0.15) is 4.98 Å². The predicted molar refractivity (Wildman–Crippen MR) is 62.6 cm³/mol. The molecule has 1 fully saturated rings. The summed E-state index contributed by atoms with van der Waals surface area (Å²) >= 11 is 0. The quantitative estimate of drug-likeness (QED) is 0.811. The molecule has 0 spiro atoms. The second-order valence-electron chi connectivity index (χ2n) is 4.50. The van der Waals surface area contributed by atoms with Crippen LogP contribution in [0.2, 0.25) is 0 Å². The number of amides is 2. The molecular formula is C11H18N4O3. The number of carbonyl (C=O) groups excluding carboxylic acids is 1. The maximum absolute atomic E-state index is 11.6. The topological polar surface area (TPSA) is 80.5 Å². The summed E-state index contributed by atoms with van der Waals surface area (Å²) < 4.78 is 4.94. The summed E-state index contributed by atoms with van der Waals surface area (Å²) in [7, 11) is 1.43. The zero-order valence-electron chi connectivity index (χ0n) is 10.7. The lowest BCUT2D eigenvalue weighted by Gasteiger charge is -2.31. The van der Waals surface area contributed by atoms with Crippen LogP contribution >= 0.6 is 0 Å². The van der Waals surface area contributed by atoms with Crippen LogP contribution in [0, 0.1) is 12.8 Å². The van der Waals surface area contributed by atoms with E-state index in [1.807, 2.05) is 0 Å². The molecule has 2 heterocycles. The molecule has 1 aromatic rings. The van der Waals surface area contributed by atoms with E-state index in [2.05, 4.69) is 20.5 Å². The van der Waals surface area contributed by atoms with Crippen LogP contribution in [0.25, 0.3) is 0 Å². The lowest BCUT2D eigenvalue weighted by atomic mass is 9.95. The van der Waals surface area contributed by atoms with Crippen LogP contribution in [0.3, 0.4) is 0 Å². The summed E-state index contributed by atoms with van der Waals surface area (Å²) in [6.07, 6.45) is 2.80. The second kappa shape index (κ2) is 5.81. The van der Waals surface area contributed by atoms with Crippen molar-refractivity contribution >= 4 is 6.03 Å². The fraction of sp³-hybridized carbons (Fsp3) is 0.727. The van der Waals surface area contributed by atoms with Gasteiger partial charge in [-0.25, -0.2) is 10.3 Å². The molecule has 7 nitrogen and oxygen atoms in total. The van der Waals surface area contributed by atoms with Crippen molar-refractivity contribution in [2.75, 3.05) is 20.2 Å². The Morgan fingerprint density at radius 1 is 1.67 bits per heavy atom. The molecule has 0 aromatic carbocycles. The van der Waals surface area contributed by atoms with Crippen LogP contribution in [-0.4, -0.2) is 41.3 Å². The molecule has 1 saturated heterocycles. The number of piperidine rings is 1. The van der Waals surface area contributed by atoms with Crippen molar-refractivity contribution in [1.29, 1.82) is 0 Å². The summed E-state index contributed by atoms with van der Waals surface area (Å²) in [6, 6.07) is -0.188. The highest BCUT2D eigenvalue weighted by atomic mass is 16.6. The molecule has 1 aliphatic heterocycles. The lowest BCUT2D eigenvalue weighted by molar-refractivity contribution is 0.0770. The van der Waals surface area contributed by atoms with E-state index >= 15 is 0 Å². The van der Waals surface area contributed by atoms with Gasteiger partial charge in [-0.15, -0.1) is 0 Å². The van der Waals surface area contributed by atoms with Crippen molar-refractivity contribution in [3.8, 4) is 0 Å². The summed E-state index contributed by atoms with van der Waals surface area (Å²) in [5.41, 5.74) is 2.34. The number of nitrogens with zero attached hydrogens (tertiary/aromatic N) is 3. The standard InChI is InChI=1S/C11H18N4O3/c1-8-12-10(13-18-8)6-9-4-3-5-15(7-9)11(16)14-17-2/h9H,3-7H2,1-2H3,(H,14,16)/t9-/m0/s1.